The van der Waals surface area contributed by atoms with Crippen LogP contribution in [0.3, 0.4) is 0 Å². The molecule has 150 valence electrons. The number of carbonyl (C=O) groups excluding carboxylic acids is 2. The molecule has 3 aromatic carbocycles. The Morgan fingerprint density at radius 3 is 2.33 bits per heavy atom. The molecule has 0 amide bonds. The number of para-hydroxylation sites is 1. The summed E-state index contributed by atoms with van der Waals surface area (Å²) < 4.78 is 6.37. The molecule has 0 bridgehead atoms. The second kappa shape index (κ2) is 8.59. The van der Waals surface area contributed by atoms with E-state index in [1.165, 1.54) is 22.1 Å². The zero-order chi connectivity index (χ0) is 21.1. The highest BCUT2D eigenvalue weighted by molar-refractivity contribution is 7.98. The maximum Gasteiger partial charge on any atom is 0.340 e. The first kappa shape index (κ1) is 20.0. The van der Waals surface area contributed by atoms with Crippen molar-refractivity contribution in [2.24, 2.45) is 0 Å². The number of rotatable bonds is 5. The normalized spacial score (nSPS) is 10.9. The molecule has 30 heavy (non-hydrogen) atoms. The van der Waals surface area contributed by atoms with E-state index in [-0.39, 0.29) is 5.91 Å². The number of aromatic nitrogens is 1. The SMILES string of the molecule is COC(=O)c1cn(C(=O)c2ccc(CSc3ccc(C)cc3)cc2)c2ccccc12. The third kappa shape index (κ3) is 4.02. The molecule has 1 aromatic heterocycles. The second-order valence-electron chi connectivity index (χ2n) is 7.03. The molecule has 0 radical (unpaired) electrons. The molecule has 0 aliphatic heterocycles. The van der Waals surface area contributed by atoms with Gasteiger partial charge in [-0.1, -0.05) is 48.0 Å². The van der Waals surface area contributed by atoms with E-state index in [9.17, 15) is 9.59 Å². The number of ether oxygens (including phenoxy) is 1. The Morgan fingerprint density at radius 2 is 1.63 bits per heavy atom. The summed E-state index contributed by atoms with van der Waals surface area (Å²) in [4.78, 5) is 26.4. The van der Waals surface area contributed by atoms with Gasteiger partial charge in [-0.05, 0) is 42.8 Å². The van der Waals surface area contributed by atoms with Crippen molar-refractivity contribution in [2.75, 3.05) is 7.11 Å². The van der Waals surface area contributed by atoms with Crippen molar-refractivity contribution in [3.63, 3.8) is 0 Å². The van der Waals surface area contributed by atoms with E-state index in [0.717, 1.165) is 11.3 Å². The van der Waals surface area contributed by atoms with Gasteiger partial charge in [0.1, 0.15) is 0 Å². The van der Waals surface area contributed by atoms with Gasteiger partial charge in [-0.15, -0.1) is 11.8 Å². The topological polar surface area (TPSA) is 48.3 Å². The number of benzene rings is 3. The van der Waals surface area contributed by atoms with Crippen LogP contribution in [0.4, 0.5) is 0 Å². The van der Waals surface area contributed by atoms with Gasteiger partial charge in [-0.25, -0.2) is 4.79 Å². The quantitative estimate of drug-likeness (QED) is 0.309. The van der Waals surface area contributed by atoms with Crippen LogP contribution in [0.1, 0.15) is 31.8 Å². The van der Waals surface area contributed by atoms with Crippen LogP contribution in [0.2, 0.25) is 0 Å². The third-order valence-corrected chi connectivity index (χ3v) is 6.05. The molecule has 0 aliphatic carbocycles. The molecular weight excluding hydrogens is 394 g/mol. The predicted molar refractivity (Wildman–Crippen MR) is 120 cm³/mol. The monoisotopic (exact) mass is 415 g/mol. The number of aryl methyl sites for hydroxylation is 1. The standard InChI is InChI=1S/C25H21NO3S/c1-17-7-13-20(14-8-17)30-16-18-9-11-19(12-10-18)24(27)26-15-22(25(28)29-2)21-5-3-4-6-23(21)26/h3-15H,16H2,1-2H3. The minimum atomic E-state index is -0.457. The Kier molecular flexibility index (Phi) is 5.72. The summed E-state index contributed by atoms with van der Waals surface area (Å²) in [5, 5.41) is 0.698. The lowest BCUT2D eigenvalue weighted by atomic mass is 10.1. The molecule has 0 aliphatic rings. The first-order valence-electron chi connectivity index (χ1n) is 9.58. The first-order valence-corrected chi connectivity index (χ1v) is 10.6. The molecule has 0 unspecified atom stereocenters. The Labute approximate surface area is 179 Å². The average Bonchev–Trinajstić information content (AvgIpc) is 3.18. The second-order valence-corrected chi connectivity index (χ2v) is 8.07. The zero-order valence-electron chi connectivity index (χ0n) is 16.8. The van der Waals surface area contributed by atoms with Crippen molar-refractivity contribution >= 4 is 34.5 Å². The van der Waals surface area contributed by atoms with Gasteiger partial charge < -0.3 is 4.74 Å². The Bertz CT molecular complexity index is 1210. The average molecular weight is 416 g/mol. The summed E-state index contributed by atoms with van der Waals surface area (Å²) in [5.41, 5.74) is 4.02. The van der Waals surface area contributed by atoms with Crippen LogP contribution in [-0.2, 0) is 10.5 Å². The number of hydrogen-bond acceptors (Lipinski definition) is 4. The molecule has 0 saturated heterocycles. The van der Waals surface area contributed by atoms with Gasteiger partial charge in [0.2, 0.25) is 0 Å². The van der Waals surface area contributed by atoms with Crippen molar-refractivity contribution in [2.45, 2.75) is 17.6 Å². The smallest absolute Gasteiger partial charge is 0.340 e. The molecule has 0 N–H and O–H groups in total. The highest BCUT2D eigenvalue weighted by atomic mass is 32.2. The number of hydrogen-bond donors (Lipinski definition) is 0. The molecule has 0 fully saturated rings. The predicted octanol–water partition coefficient (Wildman–Crippen LogP) is 5.72. The van der Waals surface area contributed by atoms with Gasteiger partial charge in [0.25, 0.3) is 5.91 Å². The van der Waals surface area contributed by atoms with E-state index in [1.54, 1.807) is 18.0 Å². The summed E-state index contributed by atoms with van der Waals surface area (Å²) in [5.74, 6) is 0.191. The number of fused-ring (bicyclic) bond motifs is 1. The maximum atomic E-state index is 13.1. The van der Waals surface area contributed by atoms with E-state index < -0.39 is 5.97 Å². The number of methoxy groups -OCH3 is 1. The minimum Gasteiger partial charge on any atom is -0.465 e. The first-order chi connectivity index (χ1) is 14.6. The van der Waals surface area contributed by atoms with Gasteiger partial charge in [0, 0.05) is 27.8 Å². The number of nitrogens with zero attached hydrogens (tertiary/aromatic N) is 1. The van der Waals surface area contributed by atoms with Crippen LogP contribution in [0, 0.1) is 6.92 Å². The molecular formula is C25H21NO3S. The molecule has 4 nitrogen and oxygen atoms in total. The van der Waals surface area contributed by atoms with Gasteiger partial charge >= 0.3 is 5.97 Å². The van der Waals surface area contributed by atoms with Crippen LogP contribution in [0.25, 0.3) is 10.9 Å². The van der Waals surface area contributed by atoms with E-state index >= 15 is 0 Å². The van der Waals surface area contributed by atoms with E-state index in [4.69, 9.17) is 4.74 Å². The largest absolute Gasteiger partial charge is 0.465 e. The van der Waals surface area contributed by atoms with Gasteiger partial charge in [-0.3, -0.25) is 9.36 Å². The lowest BCUT2D eigenvalue weighted by Crippen LogP contribution is -2.11. The van der Waals surface area contributed by atoms with E-state index in [1.807, 2.05) is 48.5 Å². The zero-order valence-corrected chi connectivity index (χ0v) is 17.6. The highest BCUT2D eigenvalue weighted by Gasteiger charge is 2.19. The van der Waals surface area contributed by atoms with Crippen molar-refractivity contribution < 1.29 is 14.3 Å². The minimum absolute atomic E-state index is 0.181. The van der Waals surface area contributed by atoms with Crippen molar-refractivity contribution in [3.8, 4) is 0 Å². The lowest BCUT2D eigenvalue weighted by Gasteiger charge is -2.06. The molecule has 0 saturated carbocycles. The van der Waals surface area contributed by atoms with Crippen LogP contribution < -0.4 is 0 Å². The van der Waals surface area contributed by atoms with Crippen molar-refractivity contribution in [1.29, 1.82) is 0 Å². The Hall–Kier alpha value is -3.31. The Morgan fingerprint density at radius 1 is 0.933 bits per heavy atom. The van der Waals surface area contributed by atoms with Gasteiger partial charge in [-0.2, -0.15) is 0 Å². The lowest BCUT2D eigenvalue weighted by molar-refractivity contribution is 0.0603. The summed E-state index contributed by atoms with van der Waals surface area (Å²) in [6.45, 7) is 2.08. The van der Waals surface area contributed by atoms with Crippen molar-refractivity contribution in [1.82, 2.24) is 4.57 Å². The molecule has 1 heterocycles. The van der Waals surface area contributed by atoms with Crippen LogP contribution >= 0.6 is 11.8 Å². The number of esters is 1. The van der Waals surface area contributed by atoms with Crippen molar-refractivity contribution in [3.05, 3.63) is 101 Å². The molecule has 4 aromatic rings. The third-order valence-electron chi connectivity index (χ3n) is 4.96. The Balaban J connectivity index is 1.55. The number of thioether (sulfide) groups is 1. The fraction of sp³-hybridized carbons (Fsp3) is 0.120. The van der Waals surface area contributed by atoms with E-state index in [2.05, 4.69) is 31.2 Å². The summed E-state index contributed by atoms with van der Waals surface area (Å²) in [7, 11) is 1.34. The highest BCUT2D eigenvalue weighted by Crippen LogP contribution is 2.25. The van der Waals surface area contributed by atoms with Gasteiger partial charge in [0.15, 0.2) is 0 Å². The fourth-order valence-electron chi connectivity index (χ4n) is 3.30. The summed E-state index contributed by atoms with van der Waals surface area (Å²) >= 11 is 1.76. The molecule has 4 rings (SSSR count). The van der Waals surface area contributed by atoms with Crippen LogP contribution in [0.15, 0.2) is 83.9 Å². The molecule has 0 spiro atoms. The van der Waals surface area contributed by atoms with Gasteiger partial charge in [0.05, 0.1) is 18.2 Å². The maximum absolute atomic E-state index is 13.1. The summed E-state index contributed by atoms with van der Waals surface area (Å²) in [6, 6.07) is 23.4. The fourth-order valence-corrected chi connectivity index (χ4v) is 4.16. The summed E-state index contributed by atoms with van der Waals surface area (Å²) in [6.07, 6.45) is 1.56. The van der Waals surface area contributed by atoms with Crippen LogP contribution in [-0.4, -0.2) is 23.6 Å². The van der Waals surface area contributed by atoms with E-state index in [0.29, 0.717) is 22.0 Å². The van der Waals surface area contributed by atoms with Crippen LogP contribution in [0.5, 0.6) is 0 Å². The molecule has 5 heteroatoms. The number of carbonyl (C=O) groups is 2. The molecule has 0 atom stereocenters.